The van der Waals surface area contributed by atoms with E-state index < -0.39 is 0 Å². The standard InChI is InChI=1S/C32H26BrN/c1-23(21-33)32-31(29-18-16-27(17-19-29)25-10-6-3-7-11-25)20-30(22-34-32)28-14-12-26(13-15-28)24-8-4-2-5-9-24/h2-20,22,32,34H,1,21H2. The van der Waals surface area contributed by atoms with E-state index in [4.69, 9.17) is 0 Å². The second-order valence-electron chi connectivity index (χ2n) is 8.48. The molecule has 1 aliphatic heterocycles. The van der Waals surface area contributed by atoms with Crippen molar-refractivity contribution in [2.45, 2.75) is 6.04 Å². The Labute approximate surface area is 210 Å². The van der Waals surface area contributed by atoms with Gasteiger partial charge in [0.25, 0.3) is 0 Å². The molecule has 0 radical (unpaired) electrons. The van der Waals surface area contributed by atoms with Crippen LogP contribution in [-0.2, 0) is 0 Å². The molecule has 1 atom stereocenters. The zero-order valence-electron chi connectivity index (χ0n) is 18.9. The molecule has 5 rings (SSSR count). The molecule has 0 aliphatic carbocycles. The van der Waals surface area contributed by atoms with Crippen LogP contribution in [0, 0.1) is 0 Å². The van der Waals surface area contributed by atoms with Crippen LogP contribution in [-0.4, -0.2) is 11.4 Å². The smallest absolute Gasteiger partial charge is 0.0733 e. The molecule has 1 unspecified atom stereocenters. The van der Waals surface area contributed by atoms with Crippen LogP contribution >= 0.6 is 15.9 Å². The van der Waals surface area contributed by atoms with Gasteiger partial charge in [0.15, 0.2) is 0 Å². The quantitative estimate of drug-likeness (QED) is 0.206. The minimum Gasteiger partial charge on any atom is -0.380 e. The fourth-order valence-electron chi connectivity index (χ4n) is 4.36. The molecule has 0 bridgehead atoms. The van der Waals surface area contributed by atoms with Crippen molar-refractivity contribution in [3.8, 4) is 22.3 Å². The van der Waals surface area contributed by atoms with Crippen LogP contribution in [0.5, 0.6) is 0 Å². The molecule has 1 aliphatic rings. The molecule has 0 amide bonds. The summed E-state index contributed by atoms with van der Waals surface area (Å²) in [4.78, 5) is 0. The van der Waals surface area contributed by atoms with Crippen LogP contribution in [0.3, 0.4) is 0 Å². The van der Waals surface area contributed by atoms with Crippen LogP contribution < -0.4 is 5.32 Å². The first kappa shape index (κ1) is 22.2. The maximum absolute atomic E-state index is 4.30. The molecule has 4 aromatic carbocycles. The average Bonchev–Trinajstić information content (AvgIpc) is 2.93. The molecule has 34 heavy (non-hydrogen) atoms. The van der Waals surface area contributed by atoms with Gasteiger partial charge in [0.05, 0.1) is 6.04 Å². The van der Waals surface area contributed by atoms with Gasteiger partial charge in [0.2, 0.25) is 0 Å². The van der Waals surface area contributed by atoms with Crippen molar-refractivity contribution < 1.29 is 0 Å². The number of hydrogen-bond donors (Lipinski definition) is 1. The highest BCUT2D eigenvalue weighted by Crippen LogP contribution is 2.33. The predicted molar refractivity (Wildman–Crippen MR) is 150 cm³/mol. The molecule has 0 spiro atoms. The van der Waals surface area contributed by atoms with E-state index in [-0.39, 0.29) is 6.04 Å². The maximum Gasteiger partial charge on any atom is 0.0733 e. The first-order valence-electron chi connectivity index (χ1n) is 11.5. The molecular weight excluding hydrogens is 478 g/mol. The Balaban J connectivity index is 1.47. The number of benzene rings is 4. The molecule has 0 aromatic heterocycles. The van der Waals surface area contributed by atoms with Gasteiger partial charge in [-0.25, -0.2) is 0 Å². The van der Waals surface area contributed by atoms with Crippen molar-refractivity contribution in [1.82, 2.24) is 5.32 Å². The predicted octanol–water partition coefficient (Wildman–Crippen LogP) is 8.37. The summed E-state index contributed by atoms with van der Waals surface area (Å²) < 4.78 is 0. The molecule has 0 saturated carbocycles. The van der Waals surface area contributed by atoms with Gasteiger partial charge in [0, 0.05) is 11.5 Å². The summed E-state index contributed by atoms with van der Waals surface area (Å²) >= 11 is 3.60. The van der Waals surface area contributed by atoms with E-state index in [1.54, 1.807) is 0 Å². The minimum atomic E-state index is 0.0642. The van der Waals surface area contributed by atoms with Gasteiger partial charge in [-0.15, -0.1) is 0 Å². The van der Waals surface area contributed by atoms with Crippen molar-refractivity contribution in [3.05, 3.63) is 145 Å². The molecule has 2 heteroatoms. The molecule has 0 fully saturated rings. The first-order chi connectivity index (χ1) is 16.7. The number of alkyl halides is 1. The van der Waals surface area contributed by atoms with Gasteiger partial charge in [0.1, 0.15) is 0 Å². The summed E-state index contributed by atoms with van der Waals surface area (Å²) in [6.45, 7) is 4.30. The number of rotatable bonds is 6. The highest BCUT2D eigenvalue weighted by atomic mass is 79.9. The number of dihydropyridines is 1. The van der Waals surface area contributed by atoms with Gasteiger partial charge in [-0.05, 0) is 56.2 Å². The fraction of sp³-hybridized carbons (Fsp3) is 0.0625. The summed E-state index contributed by atoms with van der Waals surface area (Å²) in [5, 5.41) is 4.35. The second-order valence-corrected chi connectivity index (χ2v) is 9.04. The van der Waals surface area contributed by atoms with E-state index in [0.717, 1.165) is 10.9 Å². The third kappa shape index (κ3) is 4.69. The summed E-state index contributed by atoms with van der Waals surface area (Å²) in [5.41, 5.74) is 10.8. The van der Waals surface area contributed by atoms with Crippen LogP contribution in [0.4, 0.5) is 0 Å². The van der Waals surface area contributed by atoms with E-state index in [0.29, 0.717) is 0 Å². The van der Waals surface area contributed by atoms with Gasteiger partial charge in [-0.3, -0.25) is 0 Å². The third-order valence-corrected chi connectivity index (χ3v) is 6.98. The summed E-state index contributed by atoms with van der Waals surface area (Å²) in [5.74, 6) is 0. The summed E-state index contributed by atoms with van der Waals surface area (Å²) in [6, 6.07) is 38.6. The van der Waals surface area contributed by atoms with Crippen LogP contribution in [0.15, 0.2) is 134 Å². The van der Waals surface area contributed by atoms with Gasteiger partial charge in [-0.1, -0.05) is 132 Å². The Hall–Kier alpha value is -3.62. The lowest BCUT2D eigenvalue weighted by Gasteiger charge is -2.27. The molecule has 1 heterocycles. The Bertz CT molecular complexity index is 1330. The lowest BCUT2D eigenvalue weighted by atomic mass is 9.88. The Morgan fingerprint density at radius 1 is 0.618 bits per heavy atom. The molecule has 1 N–H and O–H groups in total. The minimum absolute atomic E-state index is 0.0642. The molecule has 166 valence electrons. The van der Waals surface area contributed by atoms with E-state index in [1.807, 2.05) is 12.1 Å². The Kier molecular flexibility index (Phi) is 6.60. The number of hydrogen-bond acceptors (Lipinski definition) is 1. The maximum atomic E-state index is 4.30. The topological polar surface area (TPSA) is 12.0 Å². The van der Waals surface area contributed by atoms with Crippen molar-refractivity contribution in [3.63, 3.8) is 0 Å². The summed E-state index contributed by atoms with van der Waals surface area (Å²) in [7, 11) is 0. The van der Waals surface area contributed by atoms with E-state index in [9.17, 15) is 0 Å². The number of nitrogens with one attached hydrogen (secondary N) is 1. The zero-order valence-corrected chi connectivity index (χ0v) is 20.5. The largest absolute Gasteiger partial charge is 0.380 e. The van der Waals surface area contributed by atoms with Crippen molar-refractivity contribution in [2.24, 2.45) is 0 Å². The molecular formula is C32H26BrN. The number of allylic oxidation sites excluding steroid dienone is 2. The molecule has 1 nitrogen and oxygen atoms in total. The van der Waals surface area contributed by atoms with Crippen LogP contribution in [0.25, 0.3) is 33.4 Å². The highest BCUT2D eigenvalue weighted by molar-refractivity contribution is 9.09. The lowest BCUT2D eigenvalue weighted by molar-refractivity contribution is 0.811. The van der Waals surface area contributed by atoms with Gasteiger partial charge >= 0.3 is 0 Å². The fourth-order valence-corrected chi connectivity index (χ4v) is 4.68. The second kappa shape index (κ2) is 10.1. The van der Waals surface area contributed by atoms with E-state index in [2.05, 4.69) is 137 Å². The summed E-state index contributed by atoms with van der Waals surface area (Å²) in [6.07, 6.45) is 4.40. The van der Waals surface area contributed by atoms with Gasteiger partial charge < -0.3 is 5.32 Å². The van der Waals surface area contributed by atoms with Crippen molar-refractivity contribution >= 4 is 27.1 Å². The normalized spacial score (nSPS) is 15.1. The molecule has 4 aromatic rings. The first-order valence-corrected chi connectivity index (χ1v) is 12.6. The van der Waals surface area contributed by atoms with E-state index in [1.165, 1.54) is 44.5 Å². The lowest BCUT2D eigenvalue weighted by Crippen LogP contribution is -2.31. The number of halogens is 1. The van der Waals surface area contributed by atoms with E-state index >= 15 is 0 Å². The molecule has 0 saturated heterocycles. The van der Waals surface area contributed by atoms with Crippen LogP contribution in [0.2, 0.25) is 0 Å². The van der Waals surface area contributed by atoms with Crippen LogP contribution in [0.1, 0.15) is 11.1 Å². The van der Waals surface area contributed by atoms with Gasteiger partial charge in [-0.2, -0.15) is 0 Å². The highest BCUT2D eigenvalue weighted by Gasteiger charge is 2.22. The zero-order chi connectivity index (χ0) is 23.3. The SMILES string of the molecule is C=C(CBr)C1NC=C(c2ccc(-c3ccccc3)cc2)C=C1c1ccc(-c2ccccc2)cc1. The van der Waals surface area contributed by atoms with Crippen molar-refractivity contribution in [2.75, 3.05) is 5.33 Å². The average molecular weight is 504 g/mol. The van der Waals surface area contributed by atoms with Crippen molar-refractivity contribution in [1.29, 1.82) is 0 Å². The Morgan fingerprint density at radius 2 is 1.06 bits per heavy atom. The monoisotopic (exact) mass is 503 g/mol. The third-order valence-electron chi connectivity index (χ3n) is 6.26. The Morgan fingerprint density at radius 3 is 1.56 bits per heavy atom.